The molecule has 0 saturated carbocycles. The first-order chi connectivity index (χ1) is 4.33. The van der Waals surface area contributed by atoms with Gasteiger partial charge in [-0.2, -0.15) is 0 Å². The normalized spacial score (nSPS) is 27.7. The molecule has 1 atom stereocenters. The van der Waals surface area contributed by atoms with Crippen LogP contribution in [0.25, 0.3) is 0 Å². The van der Waals surface area contributed by atoms with Crippen LogP contribution in [-0.4, -0.2) is 18.9 Å². The third-order valence-electron chi connectivity index (χ3n) is 1.21. The highest BCUT2D eigenvalue weighted by Crippen LogP contribution is 2.08. The van der Waals surface area contributed by atoms with Crippen molar-refractivity contribution >= 4 is 5.97 Å². The molecule has 0 spiro atoms. The number of hydrogen-bond donors (Lipinski definition) is 0. The van der Waals surface area contributed by atoms with Gasteiger partial charge in [-0.25, -0.2) is 0 Å². The molecular weight excluding hydrogens is 120 g/mol. The molecule has 1 saturated heterocycles. The van der Waals surface area contributed by atoms with Crippen molar-refractivity contribution in [2.75, 3.05) is 6.61 Å². The molecule has 1 aliphatic heterocycles. The Hall–Kier alpha value is -0.570. The van der Waals surface area contributed by atoms with Gasteiger partial charge in [0.05, 0.1) is 13.0 Å². The Morgan fingerprint density at radius 2 is 2.56 bits per heavy atom. The molecular formula is C6H10O3. The first-order valence-corrected chi connectivity index (χ1v) is 3.14. The van der Waals surface area contributed by atoms with E-state index in [9.17, 15) is 4.79 Å². The summed E-state index contributed by atoms with van der Waals surface area (Å²) < 4.78 is 9.83. The van der Waals surface area contributed by atoms with Gasteiger partial charge < -0.3 is 9.47 Å². The first kappa shape index (κ1) is 6.55. The monoisotopic (exact) mass is 130 g/mol. The number of esters is 1. The lowest BCUT2D eigenvalue weighted by Gasteiger charge is -2.20. The third-order valence-corrected chi connectivity index (χ3v) is 1.21. The number of cyclic esters (lactones) is 1. The van der Waals surface area contributed by atoms with Crippen LogP contribution in [0.2, 0.25) is 0 Å². The zero-order valence-electron chi connectivity index (χ0n) is 5.42. The van der Waals surface area contributed by atoms with Crippen LogP contribution in [0.3, 0.4) is 0 Å². The molecule has 3 nitrogen and oxygen atoms in total. The summed E-state index contributed by atoms with van der Waals surface area (Å²) in [5.74, 6) is -0.145. The molecule has 0 aromatic heterocycles. The molecule has 0 aromatic carbocycles. The van der Waals surface area contributed by atoms with Crippen molar-refractivity contribution < 1.29 is 14.3 Å². The van der Waals surface area contributed by atoms with E-state index in [2.05, 4.69) is 0 Å². The third kappa shape index (κ3) is 1.68. The van der Waals surface area contributed by atoms with Crippen LogP contribution in [0, 0.1) is 0 Å². The summed E-state index contributed by atoms with van der Waals surface area (Å²) in [5, 5.41) is 0. The zero-order chi connectivity index (χ0) is 6.69. The van der Waals surface area contributed by atoms with E-state index in [-0.39, 0.29) is 12.3 Å². The van der Waals surface area contributed by atoms with E-state index in [1.807, 2.05) is 6.92 Å². The van der Waals surface area contributed by atoms with Crippen LogP contribution in [0.4, 0.5) is 0 Å². The number of carbonyl (C=O) groups excluding carboxylic acids is 1. The second-order valence-electron chi connectivity index (χ2n) is 1.95. The molecule has 0 bridgehead atoms. The van der Waals surface area contributed by atoms with Gasteiger partial charge in [0.15, 0.2) is 0 Å². The molecule has 0 radical (unpaired) electrons. The van der Waals surface area contributed by atoms with Crippen molar-refractivity contribution in [2.24, 2.45) is 0 Å². The Bertz CT molecular complexity index is 111. The smallest absolute Gasteiger partial charge is 0.310 e. The lowest BCUT2D eigenvalue weighted by atomic mass is 10.4. The van der Waals surface area contributed by atoms with Crippen LogP contribution < -0.4 is 0 Å². The summed E-state index contributed by atoms with van der Waals surface area (Å²) >= 11 is 0. The molecule has 0 N–H and O–H groups in total. The Labute approximate surface area is 53.9 Å². The zero-order valence-corrected chi connectivity index (χ0v) is 5.42. The van der Waals surface area contributed by atoms with Gasteiger partial charge in [-0.3, -0.25) is 4.79 Å². The maximum absolute atomic E-state index is 10.5. The predicted octanol–water partition coefficient (Wildman–Crippen LogP) is 0.686. The van der Waals surface area contributed by atoms with Gasteiger partial charge in [-0.05, 0) is 0 Å². The van der Waals surface area contributed by atoms with Crippen molar-refractivity contribution in [2.45, 2.75) is 26.1 Å². The number of hydrogen-bond acceptors (Lipinski definition) is 3. The summed E-state index contributed by atoms with van der Waals surface area (Å²) in [6.07, 6.45) is 0.855. The molecule has 9 heavy (non-hydrogen) atoms. The second kappa shape index (κ2) is 2.82. The Balaban J connectivity index is 2.32. The SMILES string of the molecule is CCC1OCCC(=O)O1. The lowest BCUT2D eigenvalue weighted by molar-refractivity contribution is -0.197. The van der Waals surface area contributed by atoms with Crippen LogP contribution in [0.5, 0.6) is 0 Å². The van der Waals surface area contributed by atoms with Crippen LogP contribution in [-0.2, 0) is 14.3 Å². The highest BCUT2D eigenvalue weighted by molar-refractivity contribution is 5.69. The van der Waals surface area contributed by atoms with Crippen molar-refractivity contribution in [1.82, 2.24) is 0 Å². The van der Waals surface area contributed by atoms with Crippen molar-refractivity contribution in [1.29, 1.82) is 0 Å². The van der Waals surface area contributed by atoms with Crippen molar-refractivity contribution in [3.8, 4) is 0 Å². The molecule has 1 heterocycles. The van der Waals surface area contributed by atoms with Gasteiger partial charge in [0.2, 0.25) is 6.29 Å². The van der Waals surface area contributed by atoms with E-state index in [0.29, 0.717) is 13.0 Å². The molecule has 1 fully saturated rings. The van der Waals surface area contributed by atoms with E-state index in [1.54, 1.807) is 0 Å². The molecule has 0 aromatic rings. The summed E-state index contributed by atoms with van der Waals surface area (Å²) in [5.41, 5.74) is 0. The van der Waals surface area contributed by atoms with Gasteiger partial charge >= 0.3 is 5.97 Å². The fourth-order valence-corrected chi connectivity index (χ4v) is 0.714. The highest BCUT2D eigenvalue weighted by Gasteiger charge is 2.17. The number of carbonyl (C=O) groups is 1. The van der Waals surface area contributed by atoms with E-state index in [0.717, 1.165) is 6.42 Å². The minimum Gasteiger partial charge on any atom is -0.436 e. The highest BCUT2D eigenvalue weighted by atomic mass is 16.7. The maximum Gasteiger partial charge on any atom is 0.310 e. The maximum atomic E-state index is 10.5. The van der Waals surface area contributed by atoms with Crippen LogP contribution in [0.1, 0.15) is 19.8 Å². The molecule has 0 aliphatic carbocycles. The molecule has 52 valence electrons. The fraction of sp³-hybridized carbons (Fsp3) is 0.833. The Kier molecular flexibility index (Phi) is 2.05. The van der Waals surface area contributed by atoms with Gasteiger partial charge in [-0.15, -0.1) is 0 Å². The minimum absolute atomic E-state index is 0.145. The van der Waals surface area contributed by atoms with Crippen molar-refractivity contribution in [3.05, 3.63) is 0 Å². The molecule has 1 aliphatic rings. The lowest BCUT2D eigenvalue weighted by Crippen LogP contribution is -2.27. The summed E-state index contributed by atoms with van der Waals surface area (Å²) in [7, 11) is 0. The quantitative estimate of drug-likeness (QED) is 0.490. The van der Waals surface area contributed by atoms with E-state index >= 15 is 0 Å². The average molecular weight is 130 g/mol. The van der Waals surface area contributed by atoms with E-state index in [4.69, 9.17) is 9.47 Å². The Morgan fingerprint density at radius 3 is 3.00 bits per heavy atom. The van der Waals surface area contributed by atoms with E-state index < -0.39 is 0 Å². The fourth-order valence-electron chi connectivity index (χ4n) is 0.714. The Morgan fingerprint density at radius 1 is 1.78 bits per heavy atom. The van der Waals surface area contributed by atoms with Crippen LogP contribution in [0.15, 0.2) is 0 Å². The first-order valence-electron chi connectivity index (χ1n) is 3.14. The molecule has 3 heteroatoms. The summed E-state index contributed by atoms with van der Waals surface area (Å²) in [6, 6.07) is 0. The van der Waals surface area contributed by atoms with Gasteiger partial charge in [0.25, 0.3) is 0 Å². The molecule has 0 amide bonds. The van der Waals surface area contributed by atoms with Crippen molar-refractivity contribution in [3.63, 3.8) is 0 Å². The number of rotatable bonds is 1. The topological polar surface area (TPSA) is 35.5 Å². The van der Waals surface area contributed by atoms with Gasteiger partial charge in [0, 0.05) is 6.42 Å². The standard InChI is InChI=1S/C6H10O3/c1-2-6-8-4-3-5(7)9-6/h6H,2-4H2,1H3. The molecule has 1 unspecified atom stereocenters. The van der Waals surface area contributed by atoms with Gasteiger partial charge in [0.1, 0.15) is 0 Å². The minimum atomic E-state index is -0.286. The largest absolute Gasteiger partial charge is 0.436 e. The van der Waals surface area contributed by atoms with E-state index in [1.165, 1.54) is 0 Å². The number of ether oxygens (including phenoxy) is 2. The predicted molar refractivity (Wildman–Crippen MR) is 30.7 cm³/mol. The molecule has 1 rings (SSSR count). The summed E-state index contributed by atoms with van der Waals surface area (Å²) in [6.45, 7) is 2.43. The van der Waals surface area contributed by atoms with Gasteiger partial charge in [-0.1, -0.05) is 6.92 Å². The summed E-state index contributed by atoms with van der Waals surface area (Å²) in [4.78, 5) is 10.5. The van der Waals surface area contributed by atoms with Crippen LogP contribution >= 0.6 is 0 Å². The second-order valence-corrected chi connectivity index (χ2v) is 1.95. The average Bonchev–Trinajstić information content (AvgIpc) is 1.88.